The van der Waals surface area contributed by atoms with Crippen LogP contribution in [-0.2, 0) is 25.6 Å². The van der Waals surface area contributed by atoms with Gasteiger partial charge in [-0.15, -0.1) is 11.8 Å². The molecule has 2 aromatic carbocycles. The molecule has 4 amide bonds. The van der Waals surface area contributed by atoms with Crippen molar-refractivity contribution in [3.63, 3.8) is 0 Å². The Hall–Kier alpha value is -3.81. The van der Waals surface area contributed by atoms with E-state index in [-0.39, 0.29) is 24.8 Å². The van der Waals surface area contributed by atoms with Gasteiger partial charge in [-0.25, -0.2) is 4.98 Å². The highest BCUT2D eigenvalue weighted by Gasteiger charge is 2.41. The van der Waals surface area contributed by atoms with E-state index in [2.05, 4.69) is 15.6 Å². The van der Waals surface area contributed by atoms with Crippen molar-refractivity contribution in [2.24, 2.45) is 0 Å². The van der Waals surface area contributed by atoms with E-state index in [1.54, 1.807) is 19.4 Å². The first kappa shape index (κ1) is 35.1. The Bertz CT molecular complexity index is 1530. The van der Waals surface area contributed by atoms with E-state index in [1.807, 2.05) is 81.4 Å². The molecule has 4 rings (SSSR count). The molecule has 4 atom stereocenters. The molecule has 11 nitrogen and oxygen atoms in total. The Labute approximate surface area is 278 Å². The standard InChI is InChI=1S/C33H41N5O6S2/c1-21(38(45-5)27(39)18-44-31-24-14-10-9-13-23(24)15-16-34-31)29(41)35-25(17-22-11-7-6-8-12-22)28(40)32(43)37-20-46-19-26(37)30(42)36-33(2,3)4/h6-16,21,25-26,28,40H,17-20H2,1-5H3,(H,35,41)(H,36,42)/t21-,25?,26?,28?/m0/s1. The summed E-state index contributed by atoms with van der Waals surface area (Å²) in [5.41, 5.74) is 0.299. The number of aliphatic hydroxyl groups is 1. The number of rotatable bonds is 12. The molecule has 3 unspecified atom stereocenters. The number of carbonyl (C=O) groups is 4. The first-order valence-electron chi connectivity index (χ1n) is 14.9. The van der Waals surface area contributed by atoms with Gasteiger partial charge in [0.2, 0.25) is 17.7 Å². The van der Waals surface area contributed by atoms with Crippen molar-refractivity contribution < 1.29 is 29.0 Å². The molecule has 46 heavy (non-hydrogen) atoms. The first-order chi connectivity index (χ1) is 21.9. The van der Waals surface area contributed by atoms with E-state index in [9.17, 15) is 24.3 Å². The van der Waals surface area contributed by atoms with Crippen LogP contribution in [0.5, 0.6) is 5.88 Å². The summed E-state index contributed by atoms with van der Waals surface area (Å²) in [6.45, 7) is 6.79. The quantitative estimate of drug-likeness (QED) is 0.249. The van der Waals surface area contributed by atoms with Crippen molar-refractivity contribution in [1.29, 1.82) is 0 Å². The number of fused-ring (bicyclic) bond motifs is 1. The summed E-state index contributed by atoms with van der Waals surface area (Å²) in [6.07, 6.45) is 1.78. The molecule has 1 fully saturated rings. The Kier molecular flexibility index (Phi) is 11.9. The fraction of sp³-hybridized carbons (Fsp3) is 0.424. The number of ether oxygens (including phenoxy) is 1. The second kappa shape index (κ2) is 15.7. The normalized spacial score (nSPS) is 16.7. The van der Waals surface area contributed by atoms with E-state index in [4.69, 9.17) is 4.74 Å². The first-order valence-corrected chi connectivity index (χ1v) is 17.3. The van der Waals surface area contributed by atoms with Gasteiger partial charge >= 0.3 is 0 Å². The second-order valence-electron chi connectivity index (χ2n) is 12.0. The Morgan fingerprint density at radius 2 is 1.80 bits per heavy atom. The molecule has 1 saturated heterocycles. The fourth-order valence-corrected chi connectivity index (χ4v) is 6.90. The molecular weight excluding hydrogens is 627 g/mol. The lowest BCUT2D eigenvalue weighted by Crippen LogP contribution is -2.59. The number of benzene rings is 2. The molecule has 3 aromatic rings. The maximum absolute atomic E-state index is 13.7. The van der Waals surface area contributed by atoms with Crippen LogP contribution in [0.3, 0.4) is 0 Å². The molecule has 246 valence electrons. The van der Waals surface area contributed by atoms with E-state index in [1.165, 1.54) is 21.0 Å². The van der Waals surface area contributed by atoms with E-state index in [0.29, 0.717) is 11.6 Å². The minimum Gasteiger partial charge on any atom is -0.467 e. The van der Waals surface area contributed by atoms with Crippen LogP contribution >= 0.6 is 23.7 Å². The molecule has 2 heterocycles. The van der Waals surface area contributed by atoms with Gasteiger partial charge in [0.1, 0.15) is 12.1 Å². The van der Waals surface area contributed by atoms with Gasteiger partial charge < -0.3 is 25.4 Å². The van der Waals surface area contributed by atoms with Crippen molar-refractivity contribution in [3.8, 4) is 5.88 Å². The molecule has 1 aliphatic heterocycles. The molecule has 3 N–H and O–H groups in total. The maximum Gasteiger partial charge on any atom is 0.271 e. The number of nitrogens with zero attached hydrogens (tertiary/aromatic N) is 3. The Morgan fingerprint density at radius 3 is 2.50 bits per heavy atom. The van der Waals surface area contributed by atoms with Crippen LogP contribution in [0.1, 0.15) is 33.3 Å². The van der Waals surface area contributed by atoms with Crippen LogP contribution in [0.25, 0.3) is 10.8 Å². The zero-order valence-corrected chi connectivity index (χ0v) is 28.3. The van der Waals surface area contributed by atoms with Gasteiger partial charge in [0, 0.05) is 29.1 Å². The van der Waals surface area contributed by atoms with Crippen molar-refractivity contribution in [2.75, 3.05) is 24.5 Å². The highest BCUT2D eigenvalue weighted by Crippen LogP contribution is 2.25. The van der Waals surface area contributed by atoms with Gasteiger partial charge in [0.05, 0.1) is 11.9 Å². The summed E-state index contributed by atoms with van der Waals surface area (Å²) < 4.78 is 7.06. The summed E-state index contributed by atoms with van der Waals surface area (Å²) in [5.74, 6) is -1.02. The van der Waals surface area contributed by atoms with E-state index >= 15 is 0 Å². The minimum atomic E-state index is -1.64. The zero-order chi connectivity index (χ0) is 33.4. The number of aliphatic hydroxyl groups excluding tert-OH is 1. The molecular formula is C33H41N5O6S2. The third kappa shape index (κ3) is 8.92. The van der Waals surface area contributed by atoms with Crippen LogP contribution in [0.2, 0.25) is 0 Å². The van der Waals surface area contributed by atoms with Crippen LogP contribution in [-0.4, -0.2) is 97.2 Å². The monoisotopic (exact) mass is 667 g/mol. The van der Waals surface area contributed by atoms with E-state index in [0.717, 1.165) is 28.3 Å². The molecule has 0 spiro atoms. The summed E-state index contributed by atoms with van der Waals surface area (Å²) >= 11 is 2.49. The number of amides is 4. The van der Waals surface area contributed by atoms with Gasteiger partial charge in [-0.2, -0.15) is 0 Å². The molecule has 0 bridgehead atoms. The SMILES string of the molecule is CSN(C(=O)COc1nccc2ccccc12)[C@@H](C)C(=O)NC(Cc1ccccc1)C(O)C(=O)N1CSCC1C(=O)NC(C)(C)C. The average molecular weight is 668 g/mol. The number of nitrogens with one attached hydrogen (secondary N) is 2. The van der Waals surface area contributed by atoms with Crippen molar-refractivity contribution in [3.05, 3.63) is 72.4 Å². The molecule has 0 saturated carbocycles. The third-order valence-electron chi connectivity index (χ3n) is 7.37. The van der Waals surface area contributed by atoms with Gasteiger partial charge in [0.25, 0.3) is 11.8 Å². The molecule has 1 aliphatic rings. The number of aromatic nitrogens is 1. The van der Waals surface area contributed by atoms with Crippen LogP contribution in [0.4, 0.5) is 0 Å². The van der Waals surface area contributed by atoms with Crippen molar-refractivity contribution >= 4 is 58.1 Å². The molecule has 13 heteroatoms. The van der Waals surface area contributed by atoms with Crippen LogP contribution in [0.15, 0.2) is 66.9 Å². The summed E-state index contributed by atoms with van der Waals surface area (Å²) in [6, 6.07) is 15.8. The summed E-state index contributed by atoms with van der Waals surface area (Å²) in [4.78, 5) is 59.1. The Morgan fingerprint density at radius 1 is 1.11 bits per heavy atom. The predicted molar refractivity (Wildman–Crippen MR) is 181 cm³/mol. The highest BCUT2D eigenvalue weighted by molar-refractivity contribution is 7.99. The zero-order valence-electron chi connectivity index (χ0n) is 26.6. The minimum absolute atomic E-state index is 0.148. The largest absolute Gasteiger partial charge is 0.467 e. The molecule has 0 radical (unpaired) electrons. The number of hydrogen-bond donors (Lipinski definition) is 3. The highest BCUT2D eigenvalue weighted by atomic mass is 32.2. The van der Waals surface area contributed by atoms with Gasteiger partial charge in [-0.05, 0) is 57.2 Å². The maximum atomic E-state index is 13.7. The van der Waals surface area contributed by atoms with E-state index < -0.39 is 47.5 Å². The third-order valence-corrected chi connectivity index (χ3v) is 9.30. The molecule has 0 aliphatic carbocycles. The number of pyridine rings is 1. The fourth-order valence-electron chi connectivity index (χ4n) is 5.07. The lowest BCUT2D eigenvalue weighted by Gasteiger charge is -2.32. The lowest BCUT2D eigenvalue weighted by molar-refractivity contribution is -0.147. The molecule has 1 aromatic heterocycles. The average Bonchev–Trinajstić information content (AvgIpc) is 3.53. The van der Waals surface area contributed by atoms with Crippen molar-refractivity contribution in [1.82, 2.24) is 24.8 Å². The topological polar surface area (TPSA) is 141 Å². The van der Waals surface area contributed by atoms with Crippen LogP contribution in [0, 0.1) is 0 Å². The Balaban J connectivity index is 1.47. The van der Waals surface area contributed by atoms with Crippen LogP contribution < -0.4 is 15.4 Å². The smallest absolute Gasteiger partial charge is 0.271 e. The predicted octanol–water partition coefficient (Wildman–Crippen LogP) is 3.01. The van der Waals surface area contributed by atoms with Crippen molar-refractivity contribution in [2.45, 2.75) is 63.9 Å². The van der Waals surface area contributed by atoms with Gasteiger partial charge in [-0.3, -0.25) is 23.5 Å². The van der Waals surface area contributed by atoms with Gasteiger partial charge in [0.15, 0.2) is 12.7 Å². The number of thioether (sulfide) groups is 1. The van der Waals surface area contributed by atoms with Gasteiger partial charge in [-0.1, -0.05) is 60.5 Å². The summed E-state index contributed by atoms with van der Waals surface area (Å²) in [5, 5.41) is 18.8. The number of carbonyl (C=O) groups excluding carboxylic acids is 4. The number of hydrogen-bond acceptors (Lipinski definition) is 9. The summed E-state index contributed by atoms with van der Waals surface area (Å²) in [7, 11) is 0. The lowest BCUT2D eigenvalue weighted by atomic mass is 9.99. The second-order valence-corrected chi connectivity index (χ2v) is 13.8.